The lowest BCUT2D eigenvalue weighted by Crippen LogP contribution is -2.05. The first-order chi connectivity index (χ1) is 8.06. The number of benzene rings is 1. The van der Waals surface area contributed by atoms with Crippen LogP contribution in [0, 0.1) is 0 Å². The molecule has 5 nitrogen and oxygen atoms in total. The van der Waals surface area contributed by atoms with E-state index >= 15 is 0 Å². The summed E-state index contributed by atoms with van der Waals surface area (Å²) >= 11 is 5.76. The van der Waals surface area contributed by atoms with Gasteiger partial charge >= 0.3 is 5.97 Å². The van der Waals surface area contributed by atoms with Crippen molar-refractivity contribution in [1.29, 1.82) is 0 Å². The van der Waals surface area contributed by atoms with E-state index in [4.69, 9.17) is 22.4 Å². The summed E-state index contributed by atoms with van der Waals surface area (Å²) in [5, 5.41) is 9.45. The van der Waals surface area contributed by atoms with Gasteiger partial charge in [-0.1, -0.05) is 23.7 Å². The zero-order chi connectivity index (χ0) is 12.4. The molecule has 0 atom stereocenters. The molecular formula is C11H8ClN3O2. The summed E-state index contributed by atoms with van der Waals surface area (Å²) < 4.78 is 0. The van der Waals surface area contributed by atoms with Crippen molar-refractivity contribution in [3.05, 3.63) is 41.0 Å². The minimum absolute atomic E-state index is 0.0742. The van der Waals surface area contributed by atoms with Gasteiger partial charge in [-0.2, -0.15) is 0 Å². The fourth-order valence-electron chi connectivity index (χ4n) is 1.34. The van der Waals surface area contributed by atoms with Gasteiger partial charge in [0.1, 0.15) is 0 Å². The van der Waals surface area contributed by atoms with Gasteiger partial charge in [0.15, 0.2) is 5.69 Å². The summed E-state index contributed by atoms with van der Waals surface area (Å²) in [4.78, 5) is 18.4. The Kier molecular flexibility index (Phi) is 2.93. The highest BCUT2D eigenvalue weighted by Crippen LogP contribution is 2.20. The summed E-state index contributed by atoms with van der Waals surface area (Å²) in [5.41, 5.74) is 6.49. The van der Waals surface area contributed by atoms with Crippen molar-refractivity contribution in [3.63, 3.8) is 0 Å². The SMILES string of the molecule is Nc1nc(C(=O)O)cc(-c2ccc(Cl)cc2)n1. The quantitative estimate of drug-likeness (QED) is 0.851. The number of aromatic nitrogens is 2. The van der Waals surface area contributed by atoms with Gasteiger partial charge in [-0.05, 0) is 18.2 Å². The Morgan fingerprint density at radius 2 is 1.88 bits per heavy atom. The smallest absolute Gasteiger partial charge is 0.354 e. The van der Waals surface area contributed by atoms with Crippen molar-refractivity contribution >= 4 is 23.5 Å². The molecule has 0 fully saturated rings. The second-order valence-corrected chi connectivity index (χ2v) is 3.75. The molecule has 0 radical (unpaired) electrons. The Bertz CT molecular complexity index is 569. The van der Waals surface area contributed by atoms with E-state index in [1.54, 1.807) is 24.3 Å². The molecule has 17 heavy (non-hydrogen) atoms. The van der Waals surface area contributed by atoms with Crippen molar-refractivity contribution < 1.29 is 9.90 Å². The fraction of sp³-hybridized carbons (Fsp3) is 0. The number of anilines is 1. The molecule has 0 aliphatic heterocycles. The summed E-state index contributed by atoms with van der Waals surface area (Å²) in [6.07, 6.45) is 0. The maximum absolute atomic E-state index is 10.8. The minimum Gasteiger partial charge on any atom is -0.477 e. The van der Waals surface area contributed by atoms with E-state index in [1.807, 2.05) is 0 Å². The van der Waals surface area contributed by atoms with Crippen LogP contribution in [0.4, 0.5) is 5.95 Å². The Hall–Kier alpha value is -2.14. The monoisotopic (exact) mass is 249 g/mol. The maximum atomic E-state index is 10.8. The van der Waals surface area contributed by atoms with Crippen LogP contribution in [-0.4, -0.2) is 21.0 Å². The second-order valence-electron chi connectivity index (χ2n) is 3.31. The highest BCUT2D eigenvalue weighted by molar-refractivity contribution is 6.30. The first-order valence-corrected chi connectivity index (χ1v) is 5.08. The van der Waals surface area contributed by atoms with Crippen molar-refractivity contribution in [2.75, 3.05) is 5.73 Å². The van der Waals surface area contributed by atoms with Gasteiger partial charge in [-0.3, -0.25) is 0 Å². The predicted octanol–water partition coefficient (Wildman–Crippen LogP) is 2.08. The summed E-state index contributed by atoms with van der Waals surface area (Å²) in [6.45, 7) is 0. The van der Waals surface area contributed by atoms with E-state index < -0.39 is 5.97 Å². The van der Waals surface area contributed by atoms with E-state index in [0.717, 1.165) is 5.56 Å². The largest absolute Gasteiger partial charge is 0.477 e. The van der Waals surface area contributed by atoms with E-state index in [0.29, 0.717) is 10.7 Å². The van der Waals surface area contributed by atoms with E-state index in [-0.39, 0.29) is 11.6 Å². The topological polar surface area (TPSA) is 89.1 Å². The molecular weight excluding hydrogens is 242 g/mol. The number of nitrogens with two attached hydrogens (primary N) is 1. The lowest BCUT2D eigenvalue weighted by Gasteiger charge is -2.03. The van der Waals surface area contributed by atoms with Crippen LogP contribution in [0.2, 0.25) is 5.02 Å². The number of carboxylic acids is 1. The van der Waals surface area contributed by atoms with Crippen LogP contribution in [0.5, 0.6) is 0 Å². The summed E-state index contributed by atoms with van der Waals surface area (Å²) in [6, 6.07) is 8.21. The fourth-order valence-corrected chi connectivity index (χ4v) is 1.47. The zero-order valence-corrected chi connectivity index (χ0v) is 9.35. The van der Waals surface area contributed by atoms with Crippen LogP contribution in [-0.2, 0) is 0 Å². The number of carboxylic acid groups (broad SMARTS) is 1. The highest BCUT2D eigenvalue weighted by Gasteiger charge is 2.10. The molecule has 6 heteroatoms. The van der Waals surface area contributed by atoms with Gasteiger partial charge in [-0.25, -0.2) is 14.8 Å². The normalized spacial score (nSPS) is 10.2. The molecule has 2 aromatic rings. The van der Waals surface area contributed by atoms with Crippen LogP contribution < -0.4 is 5.73 Å². The van der Waals surface area contributed by atoms with Gasteiger partial charge in [0, 0.05) is 10.6 Å². The second kappa shape index (κ2) is 4.39. The van der Waals surface area contributed by atoms with E-state index in [9.17, 15) is 4.79 Å². The number of nitrogens with zero attached hydrogens (tertiary/aromatic N) is 2. The summed E-state index contributed by atoms with van der Waals surface area (Å²) in [5.74, 6) is -1.22. The number of hydrogen-bond donors (Lipinski definition) is 2. The molecule has 0 spiro atoms. The number of aromatic carboxylic acids is 1. The molecule has 1 heterocycles. The van der Waals surface area contributed by atoms with Crippen molar-refractivity contribution in [3.8, 4) is 11.3 Å². The Balaban J connectivity index is 2.51. The molecule has 0 aliphatic carbocycles. The van der Waals surface area contributed by atoms with Gasteiger partial charge in [0.05, 0.1) is 5.69 Å². The Morgan fingerprint density at radius 1 is 1.24 bits per heavy atom. The number of rotatable bonds is 2. The third-order valence-electron chi connectivity index (χ3n) is 2.10. The first kappa shape index (κ1) is 11.3. The molecule has 0 saturated heterocycles. The van der Waals surface area contributed by atoms with Gasteiger partial charge in [0.25, 0.3) is 0 Å². The average Bonchev–Trinajstić information content (AvgIpc) is 2.29. The number of carbonyl (C=O) groups is 1. The Labute approximate surface area is 102 Å². The number of halogens is 1. The molecule has 0 aliphatic rings. The Morgan fingerprint density at radius 3 is 2.47 bits per heavy atom. The third kappa shape index (κ3) is 2.51. The standard InChI is InChI=1S/C11H8ClN3O2/c12-7-3-1-6(2-4-7)8-5-9(10(16)17)15-11(13)14-8/h1-5H,(H,16,17)(H2,13,14,15). The van der Waals surface area contributed by atoms with Crippen LogP contribution >= 0.6 is 11.6 Å². The first-order valence-electron chi connectivity index (χ1n) is 4.70. The summed E-state index contributed by atoms with van der Waals surface area (Å²) in [7, 11) is 0. The molecule has 0 bridgehead atoms. The van der Waals surface area contributed by atoms with Crippen molar-refractivity contribution in [2.24, 2.45) is 0 Å². The molecule has 1 aromatic carbocycles. The number of hydrogen-bond acceptors (Lipinski definition) is 4. The van der Waals surface area contributed by atoms with Gasteiger partial charge < -0.3 is 10.8 Å². The zero-order valence-electron chi connectivity index (χ0n) is 8.59. The predicted molar refractivity (Wildman–Crippen MR) is 63.8 cm³/mol. The van der Waals surface area contributed by atoms with Gasteiger partial charge in [0.2, 0.25) is 5.95 Å². The molecule has 1 aromatic heterocycles. The molecule has 0 amide bonds. The number of nitrogen functional groups attached to an aromatic ring is 1. The van der Waals surface area contributed by atoms with Crippen LogP contribution in [0.25, 0.3) is 11.3 Å². The highest BCUT2D eigenvalue weighted by atomic mass is 35.5. The van der Waals surface area contributed by atoms with E-state index in [2.05, 4.69) is 9.97 Å². The van der Waals surface area contributed by atoms with Crippen LogP contribution in [0.1, 0.15) is 10.5 Å². The lowest BCUT2D eigenvalue weighted by molar-refractivity contribution is 0.0690. The lowest BCUT2D eigenvalue weighted by atomic mass is 10.1. The average molecular weight is 250 g/mol. The molecule has 86 valence electrons. The molecule has 3 N–H and O–H groups in total. The molecule has 0 unspecified atom stereocenters. The third-order valence-corrected chi connectivity index (χ3v) is 2.35. The van der Waals surface area contributed by atoms with Crippen LogP contribution in [0.15, 0.2) is 30.3 Å². The molecule has 0 saturated carbocycles. The van der Waals surface area contributed by atoms with E-state index in [1.165, 1.54) is 6.07 Å². The van der Waals surface area contributed by atoms with Gasteiger partial charge in [-0.15, -0.1) is 0 Å². The van der Waals surface area contributed by atoms with Crippen LogP contribution in [0.3, 0.4) is 0 Å². The minimum atomic E-state index is -1.14. The van der Waals surface area contributed by atoms with Crippen molar-refractivity contribution in [2.45, 2.75) is 0 Å². The maximum Gasteiger partial charge on any atom is 0.354 e. The van der Waals surface area contributed by atoms with Crippen molar-refractivity contribution in [1.82, 2.24) is 9.97 Å². The molecule has 2 rings (SSSR count).